The molecule has 0 fully saturated rings. The van der Waals surface area contributed by atoms with E-state index in [0.717, 1.165) is 7.11 Å². The quantitative estimate of drug-likeness (QED) is 0.758. The first-order chi connectivity index (χ1) is 11.7. The lowest BCUT2D eigenvalue weighted by Gasteiger charge is -2.10. The van der Waals surface area contributed by atoms with Crippen molar-refractivity contribution in [1.29, 1.82) is 0 Å². The Balaban J connectivity index is 2.24. The summed E-state index contributed by atoms with van der Waals surface area (Å²) in [6, 6.07) is 4.26. The topological polar surface area (TPSA) is 140 Å². The number of carbonyl (C=O) groups excluding carboxylic acids is 2. The smallest absolute Gasteiger partial charge is 0.339 e. The predicted octanol–water partition coefficient (Wildman–Crippen LogP) is 0.785. The molecule has 0 unspecified atom stereocenters. The number of esters is 1. The molecule has 0 saturated carbocycles. The number of aromatic nitrogens is 3. The summed E-state index contributed by atoms with van der Waals surface area (Å²) in [5, 5.41) is 2.20. The predicted molar refractivity (Wildman–Crippen MR) is 86.4 cm³/mol. The van der Waals surface area contributed by atoms with E-state index in [1.54, 1.807) is 18.6 Å². The van der Waals surface area contributed by atoms with E-state index in [1.165, 1.54) is 24.3 Å². The molecule has 0 radical (unpaired) electrons. The molecule has 0 saturated heterocycles. The average molecular weight is 365 g/mol. The Kier molecular flexibility index (Phi) is 5.27. The van der Waals surface area contributed by atoms with Gasteiger partial charge in [-0.3, -0.25) is 5.32 Å². The van der Waals surface area contributed by atoms with Crippen LogP contribution < -0.4 is 10.0 Å². The Labute approximate surface area is 143 Å². The number of methoxy groups -OCH3 is 1. The van der Waals surface area contributed by atoms with Gasteiger partial charge in [-0.05, 0) is 26.0 Å². The van der Waals surface area contributed by atoms with E-state index in [2.05, 4.69) is 25.0 Å². The minimum atomic E-state index is -4.32. The molecule has 1 aromatic carbocycles. The maximum atomic E-state index is 12.4. The van der Waals surface area contributed by atoms with Gasteiger partial charge in [-0.25, -0.2) is 27.7 Å². The van der Waals surface area contributed by atoms with Crippen LogP contribution in [0.3, 0.4) is 0 Å². The van der Waals surface area contributed by atoms with Crippen LogP contribution in [-0.2, 0) is 14.8 Å². The van der Waals surface area contributed by atoms with Gasteiger partial charge in [0.15, 0.2) is 0 Å². The number of anilines is 1. The second-order valence-corrected chi connectivity index (χ2v) is 6.45. The van der Waals surface area contributed by atoms with Crippen molar-refractivity contribution in [2.45, 2.75) is 18.7 Å². The Morgan fingerprint density at radius 2 is 1.64 bits per heavy atom. The molecule has 0 aliphatic rings. The number of sulfonamides is 1. The van der Waals surface area contributed by atoms with E-state index in [9.17, 15) is 18.0 Å². The van der Waals surface area contributed by atoms with Gasteiger partial charge in [0.25, 0.3) is 10.0 Å². The van der Waals surface area contributed by atoms with Crippen molar-refractivity contribution in [2.24, 2.45) is 0 Å². The maximum Gasteiger partial charge on any atom is 0.339 e. The number of hydrogen-bond acceptors (Lipinski definition) is 8. The molecule has 11 heteroatoms. The number of amides is 2. The van der Waals surface area contributed by atoms with Crippen LogP contribution in [-0.4, -0.2) is 42.5 Å². The summed E-state index contributed by atoms with van der Waals surface area (Å²) in [5.41, 5.74) is -0.197. The molecule has 132 valence electrons. The summed E-state index contributed by atoms with van der Waals surface area (Å²) in [6.45, 7) is 3.20. The highest BCUT2D eigenvalue weighted by atomic mass is 32.2. The summed E-state index contributed by atoms with van der Waals surface area (Å²) < 4.78 is 31.1. The molecule has 1 heterocycles. The van der Waals surface area contributed by atoms with Gasteiger partial charge in [-0.15, -0.1) is 0 Å². The van der Waals surface area contributed by atoms with Crippen LogP contribution in [0.15, 0.2) is 29.2 Å². The van der Waals surface area contributed by atoms with Gasteiger partial charge in [-0.1, -0.05) is 12.1 Å². The maximum absolute atomic E-state index is 12.4. The van der Waals surface area contributed by atoms with Crippen molar-refractivity contribution >= 4 is 28.0 Å². The first kappa shape index (κ1) is 18.3. The van der Waals surface area contributed by atoms with Gasteiger partial charge in [0, 0.05) is 0 Å². The number of rotatable bonds is 4. The van der Waals surface area contributed by atoms with Crippen molar-refractivity contribution < 1.29 is 22.7 Å². The van der Waals surface area contributed by atoms with E-state index in [4.69, 9.17) is 0 Å². The lowest BCUT2D eigenvalue weighted by Crippen LogP contribution is -2.35. The molecule has 25 heavy (non-hydrogen) atoms. The van der Waals surface area contributed by atoms with Gasteiger partial charge in [0.2, 0.25) is 5.95 Å². The van der Waals surface area contributed by atoms with E-state index >= 15 is 0 Å². The molecule has 2 rings (SSSR count). The van der Waals surface area contributed by atoms with Gasteiger partial charge in [0.1, 0.15) is 16.5 Å². The van der Waals surface area contributed by atoms with E-state index in [-0.39, 0.29) is 16.4 Å². The Morgan fingerprint density at radius 3 is 2.24 bits per heavy atom. The van der Waals surface area contributed by atoms with Gasteiger partial charge in [-0.2, -0.15) is 9.97 Å². The van der Waals surface area contributed by atoms with Crippen molar-refractivity contribution in [3.63, 3.8) is 0 Å². The number of nitrogens with zero attached hydrogens (tertiary/aromatic N) is 3. The van der Waals surface area contributed by atoms with Crippen molar-refractivity contribution in [3.05, 3.63) is 41.5 Å². The third kappa shape index (κ3) is 4.47. The van der Waals surface area contributed by atoms with Crippen LogP contribution in [0.4, 0.5) is 10.7 Å². The second kappa shape index (κ2) is 7.21. The summed E-state index contributed by atoms with van der Waals surface area (Å²) in [4.78, 5) is 34.9. The zero-order valence-electron chi connectivity index (χ0n) is 13.6. The molecule has 0 aliphatic carbocycles. The molecule has 0 spiro atoms. The third-order valence-electron chi connectivity index (χ3n) is 2.89. The Morgan fingerprint density at radius 1 is 1.04 bits per heavy atom. The van der Waals surface area contributed by atoms with Crippen LogP contribution in [0, 0.1) is 13.8 Å². The standard InChI is InChI=1S/C14H15N5O5S/c1-8-15-9(2)17-13(16-8)18-14(21)19-25(22,23)11-7-5-4-6-10(11)12(20)24-3/h4-7H,1-3H3,(H2,15,16,17,18,19,21). The van der Waals surface area contributed by atoms with E-state index in [1.807, 2.05) is 0 Å². The summed E-state index contributed by atoms with van der Waals surface area (Å²) in [6.07, 6.45) is 0. The number of aryl methyl sites for hydroxylation is 2. The number of ether oxygens (including phenoxy) is 1. The fourth-order valence-corrected chi connectivity index (χ4v) is 3.06. The normalized spacial score (nSPS) is 10.8. The van der Waals surface area contributed by atoms with Crippen molar-refractivity contribution in [1.82, 2.24) is 19.7 Å². The molecule has 0 aliphatic heterocycles. The molecule has 2 amide bonds. The molecular weight excluding hydrogens is 350 g/mol. The Bertz CT molecular complexity index is 909. The number of hydrogen-bond donors (Lipinski definition) is 2. The highest BCUT2D eigenvalue weighted by Gasteiger charge is 2.24. The number of carbonyl (C=O) groups is 2. The van der Waals surface area contributed by atoms with Gasteiger partial charge >= 0.3 is 12.0 Å². The highest BCUT2D eigenvalue weighted by Crippen LogP contribution is 2.16. The zero-order valence-corrected chi connectivity index (χ0v) is 14.4. The number of nitrogens with one attached hydrogen (secondary N) is 2. The van der Waals surface area contributed by atoms with Crippen molar-refractivity contribution in [3.8, 4) is 0 Å². The van der Waals surface area contributed by atoms with E-state index in [0.29, 0.717) is 11.6 Å². The highest BCUT2D eigenvalue weighted by molar-refractivity contribution is 7.90. The van der Waals surface area contributed by atoms with Crippen LogP contribution in [0.1, 0.15) is 22.0 Å². The molecule has 2 N–H and O–H groups in total. The number of urea groups is 1. The van der Waals surface area contributed by atoms with E-state index < -0.39 is 22.0 Å². The van der Waals surface area contributed by atoms with Gasteiger partial charge < -0.3 is 4.74 Å². The minimum absolute atomic E-state index is 0.0982. The van der Waals surface area contributed by atoms with Gasteiger partial charge in [0.05, 0.1) is 12.7 Å². The van der Waals surface area contributed by atoms with Crippen molar-refractivity contribution in [2.75, 3.05) is 12.4 Å². The lowest BCUT2D eigenvalue weighted by molar-refractivity contribution is 0.0596. The van der Waals surface area contributed by atoms with Crippen LogP contribution in [0.25, 0.3) is 0 Å². The fourth-order valence-electron chi connectivity index (χ4n) is 1.96. The molecule has 10 nitrogen and oxygen atoms in total. The monoisotopic (exact) mass is 365 g/mol. The average Bonchev–Trinajstić information content (AvgIpc) is 2.52. The summed E-state index contributed by atoms with van der Waals surface area (Å²) >= 11 is 0. The Hall–Kier alpha value is -3.08. The van der Waals surface area contributed by atoms with Crippen LogP contribution >= 0.6 is 0 Å². The molecule has 2 aromatic rings. The second-order valence-electron chi connectivity index (χ2n) is 4.80. The van der Waals surface area contributed by atoms with Crippen LogP contribution in [0.2, 0.25) is 0 Å². The first-order valence-electron chi connectivity index (χ1n) is 6.93. The SMILES string of the molecule is COC(=O)c1ccccc1S(=O)(=O)NC(=O)Nc1nc(C)nc(C)n1. The largest absolute Gasteiger partial charge is 0.465 e. The fraction of sp³-hybridized carbons (Fsp3) is 0.214. The molecule has 1 aromatic heterocycles. The lowest BCUT2D eigenvalue weighted by atomic mass is 10.2. The first-order valence-corrected chi connectivity index (χ1v) is 8.41. The minimum Gasteiger partial charge on any atom is -0.465 e. The summed E-state index contributed by atoms with van der Waals surface area (Å²) in [5.74, 6) is -0.215. The molecule has 0 atom stereocenters. The number of benzene rings is 1. The van der Waals surface area contributed by atoms with Crippen LogP contribution in [0.5, 0.6) is 0 Å². The summed E-state index contributed by atoms with van der Waals surface area (Å²) in [7, 11) is -3.20. The zero-order chi connectivity index (χ0) is 18.6. The molecular formula is C14H15N5O5S. The molecule has 0 bridgehead atoms. The third-order valence-corrected chi connectivity index (χ3v) is 4.28.